The fraction of sp³-hybridized carbons (Fsp3) is 0.300. The molecule has 1 N–H and O–H groups in total. The van der Waals surface area contributed by atoms with Crippen LogP contribution in [0.4, 0.5) is 0 Å². The zero-order valence-electron chi connectivity index (χ0n) is 35.5. The summed E-state index contributed by atoms with van der Waals surface area (Å²) >= 11 is 0. The fourth-order valence-corrected chi connectivity index (χ4v) is 7.75. The van der Waals surface area contributed by atoms with Crippen LogP contribution in [0.5, 0.6) is 0 Å². The van der Waals surface area contributed by atoms with Gasteiger partial charge in [0.2, 0.25) is 0 Å². The Morgan fingerprint density at radius 2 is 0.939 bits per heavy atom. The molecule has 0 amide bonds. The van der Waals surface area contributed by atoms with Crippen LogP contribution in [0.2, 0.25) is 0 Å². The lowest BCUT2D eigenvalue weighted by Gasteiger charge is -2.47. The van der Waals surface area contributed by atoms with Crippen LogP contribution in [0.1, 0.15) is 53.9 Å². The van der Waals surface area contributed by atoms with Gasteiger partial charge >= 0.3 is 29.8 Å². The Morgan fingerprint density at radius 3 is 1.45 bits per heavy atom. The van der Waals surface area contributed by atoms with Gasteiger partial charge in [-0.05, 0) is 54.1 Å². The minimum Gasteiger partial charge on any atom is -0.463 e. The first-order valence-electron chi connectivity index (χ1n) is 21.2. The van der Waals surface area contributed by atoms with Gasteiger partial charge in [-0.3, -0.25) is 4.79 Å². The van der Waals surface area contributed by atoms with Gasteiger partial charge in [0.1, 0.15) is 49.8 Å². The van der Waals surface area contributed by atoms with E-state index in [9.17, 15) is 29.1 Å². The van der Waals surface area contributed by atoms with Gasteiger partial charge in [0.05, 0.1) is 28.9 Å². The van der Waals surface area contributed by atoms with Gasteiger partial charge in [-0.2, -0.15) is 0 Å². The number of ether oxygens (including phenoxy) is 10. The van der Waals surface area contributed by atoms with Crippen molar-refractivity contribution >= 4 is 29.8 Å². The Labute approximate surface area is 379 Å². The van der Waals surface area contributed by atoms with Crippen LogP contribution in [0.15, 0.2) is 152 Å². The van der Waals surface area contributed by atoms with E-state index in [0.717, 1.165) is 5.56 Å². The summed E-state index contributed by atoms with van der Waals surface area (Å²) in [4.78, 5) is 67.8. The minimum absolute atomic E-state index is 0.0126. The predicted octanol–water partition coefficient (Wildman–Crippen LogP) is 5.26. The second-order valence-corrected chi connectivity index (χ2v) is 15.5. The van der Waals surface area contributed by atoms with E-state index in [1.165, 1.54) is 43.3 Å². The lowest BCUT2D eigenvalue weighted by molar-refractivity contribution is -0.339. The molecule has 8 rings (SSSR count). The van der Waals surface area contributed by atoms with Crippen molar-refractivity contribution in [3.8, 4) is 0 Å². The third-order valence-electron chi connectivity index (χ3n) is 11.0. The van der Waals surface area contributed by atoms with Gasteiger partial charge in [-0.15, -0.1) is 0 Å². The van der Waals surface area contributed by atoms with E-state index in [-0.39, 0.29) is 35.5 Å². The summed E-state index contributed by atoms with van der Waals surface area (Å²) in [5.41, 5.74) is 1.25. The Kier molecular flexibility index (Phi) is 14.9. The molecular formula is C50H46O16. The summed E-state index contributed by atoms with van der Waals surface area (Å²) in [6.45, 7) is 0.294. The molecule has 3 aliphatic heterocycles. The normalized spacial score (nSPS) is 26.6. The van der Waals surface area contributed by atoms with Crippen LogP contribution >= 0.6 is 0 Å². The SMILES string of the molecule is CC(=O)OC[C@@H]1O[C@@H]2O[C@H]1[C@@H](O[C@@H]1O[C@H](COC(=O)c3ccccc3)[C@@H](OC(=O)c3ccccc3)[C@H](OC(=O)c3ccccc3)[C@H]1OC(=O)c1ccccc1)[C@H](OCc1ccccc1)[C@@H]2O. The summed E-state index contributed by atoms with van der Waals surface area (Å²) in [5, 5.41) is 11.8. The lowest BCUT2D eigenvalue weighted by atomic mass is 9.95. The standard InChI is InChI=1S/C50H46O16/c1-30(51)57-28-36-40-42(41(38(52)49(60-36)65-40)58-27-31-17-7-2-8-18-31)66-50-44(64-48(56)35-25-15-6-16-26-35)43(63-47(55)34-23-13-5-14-24-34)39(62-46(54)33-21-11-4-12-22-33)37(61-50)29-59-45(53)32-19-9-3-10-20-32/h2-26,36-44,49-50,52H,27-29H2,1H3/t36-,37+,38-,39+,40+,41+,42+,43-,44+,49+,50-/m0/s1. The first kappa shape index (κ1) is 45.8. The maximum Gasteiger partial charge on any atom is 0.338 e. The van der Waals surface area contributed by atoms with Crippen molar-refractivity contribution in [1.82, 2.24) is 0 Å². The first-order valence-corrected chi connectivity index (χ1v) is 21.2. The predicted molar refractivity (Wildman–Crippen MR) is 228 cm³/mol. The monoisotopic (exact) mass is 902 g/mol. The van der Waals surface area contributed by atoms with E-state index in [4.69, 9.17) is 47.4 Å². The Hall–Kier alpha value is -6.79. The van der Waals surface area contributed by atoms with Gasteiger partial charge in [-0.25, -0.2) is 19.2 Å². The number of benzene rings is 5. The van der Waals surface area contributed by atoms with Gasteiger partial charge in [0.15, 0.2) is 30.9 Å². The molecule has 0 unspecified atom stereocenters. The largest absolute Gasteiger partial charge is 0.463 e. The average Bonchev–Trinajstić information content (AvgIpc) is 3.75. The number of hydrogen-bond donors (Lipinski definition) is 1. The Balaban J connectivity index is 1.22. The summed E-state index contributed by atoms with van der Waals surface area (Å²) in [5.74, 6) is -4.06. The second-order valence-electron chi connectivity index (χ2n) is 15.5. The number of hydrogen-bond acceptors (Lipinski definition) is 16. The van der Waals surface area contributed by atoms with Crippen molar-refractivity contribution in [2.45, 2.75) is 81.0 Å². The highest BCUT2D eigenvalue weighted by Crippen LogP contribution is 2.40. The van der Waals surface area contributed by atoms with E-state index >= 15 is 0 Å². The highest BCUT2D eigenvalue weighted by Gasteiger charge is 2.60. The van der Waals surface area contributed by atoms with E-state index in [1.807, 2.05) is 30.3 Å². The Bertz CT molecular complexity index is 2400. The summed E-state index contributed by atoms with van der Waals surface area (Å²) in [6.07, 6.45) is -15.9. The molecule has 66 heavy (non-hydrogen) atoms. The van der Waals surface area contributed by atoms with Gasteiger partial charge in [0, 0.05) is 6.92 Å². The molecule has 11 atom stereocenters. The van der Waals surface area contributed by atoms with Crippen LogP contribution in [0, 0.1) is 0 Å². The quantitative estimate of drug-likeness (QED) is 0.0993. The van der Waals surface area contributed by atoms with Crippen LogP contribution in [0.3, 0.4) is 0 Å². The van der Waals surface area contributed by atoms with Crippen molar-refractivity contribution < 1.29 is 76.4 Å². The molecule has 3 aliphatic rings. The fourth-order valence-electron chi connectivity index (χ4n) is 7.75. The molecule has 5 aromatic rings. The molecule has 3 saturated heterocycles. The topological polar surface area (TPSA) is 198 Å². The molecule has 342 valence electrons. The number of carbonyl (C=O) groups is 5. The minimum atomic E-state index is -1.78. The zero-order valence-corrected chi connectivity index (χ0v) is 35.5. The maximum absolute atomic E-state index is 14.2. The van der Waals surface area contributed by atoms with E-state index < -0.39 is 104 Å². The van der Waals surface area contributed by atoms with Crippen LogP contribution in [-0.2, 0) is 58.8 Å². The van der Waals surface area contributed by atoms with Crippen molar-refractivity contribution in [1.29, 1.82) is 0 Å². The Morgan fingerprint density at radius 1 is 0.485 bits per heavy atom. The van der Waals surface area contributed by atoms with Gasteiger partial charge < -0.3 is 52.5 Å². The maximum atomic E-state index is 14.2. The molecule has 16 heteroatoms. The lowest BCUT2D eigenvalue weighted by Crippen LogP contribution is -2.65. The van der Waals surface area contributed by atoms with Gasteiger partial charge in [0.25, 0.3) is 0 Å². The molecule has 3 fully saturated rings. The number of aliphatic hydroxyl groups is 1. The van der Waals surface area contributed by atoms with Crippen LogP contribution in [-0.4, -0.2) is 116 Å². The van der Waals surface area contributed by atoms with Crippen LogP contribution < -0.4 is 0 Å². The van der Waals surface area contributed by atoms with Crippen LogP contribution in [0.25, 0.3) is 0 Å². The second kappa shape index (κ2) is 21.5. The van der Waals surface area contributed by atoms with Crippen molar-refractivity contribution in [3.63, 3.8) is 0 Å². The molecular weight excluding hydrogens is 857 g/mol. The van der Waals surface area contributed by atoms with E-state index in [0.29, 0.717) is 0 Å². The molecule has 0 aliphatic carbocycles. The molecule has 2 bridgehead atoms. The highest BCUT2D eigenvalue weighted by atomic mass is 16.8. The van der Waals surface area contributed by atoms with Crippen molar-refractivity contribution in [2.75, 3.05) is 13.2 Å². The molecule has 16 nitrogen and oxygen atoms in total. The number of carbonyl (C=O) groups excluding carboxylic acids is 5. The first-order chi connectivity index (χ1) is 32.1. The number of aliphatic hydroxyl groups excluding tert-OH is 1. The number of rotatable bonds is 16. The molecule has 0 saturated carbocycles. The molecule has 0 spiro atoms. The van der Waals surface area contributed by atoms with Gasteiger partial charge in [-0.1, -0.05) is 103 Å². The molecule has 3 heterocycles. The number of fused-ring (bicyclic) bond motifs is 2. The summed E-state index contributed by atoms with van der Waals surface area (Å²) in [6, 6.07) is 41.0. The highest BCUT2D eigenvalue weighted by molar-refractivity contribution is 5.91. The molecule has 0 radical (unpaired) electrons. The number of esters is 5. The summed E-state index contributed by atoms with van der Waals surface area (Å²) in [7, 11) is 0. The zero-order chi connectivity index (χ0) is 46.0. The third-order valence-corrected chi connectivity index (χ3v) is 11.0. The van der Waals surface area contributed by atoms with Crippen molar-refractivity contribution in [3.05, 3.63) is 179 Å². The average molecular weight is 903 g/mol. The molecule has 5 aromatic carbocycles. The van der Waals surface area contributed by atoms with E-state index in [1.54, 1.807) is 84.9 Å². The van der Waals surface area contributed by atoms with E-state index in [2.05, 4.69) is 0 Å². The van der Waals surface area contributed by atoms with Crippen molar-refractivity contribution in [2.24, 2.45) is 0 Å². The molecule has 0 aromatic heterocycles. The third kappa shape index (κ3) is 11.0. The smallest absolute Gasteiger partial charge is 0.338 e. The summed E-state index contributed by atoms with van der Waals surface area (Å²) < 4.78 is 61.6.